The summed E-state index contributed by atoms with van der Waals surface area (Å²) >= 11 is 2.87. The standard InChI is InChI=1S/C17H20N4OS2/c1-2-10-18-16-20-21-17(24-16)23-11-15(22)19-14-9-5-7-12-6-3-4-8-13(12)14/h2-4,6,8,14H,1,5,7,9-11H2,(H,18,20)(H,19,22)/t14-/m1/s1. The molecule has 0 saturated carbocycles. The number of thioether (sulfide) groups is 1. The van der Waals surface area contributed by atoms with Crippen molar-refractivity contribution in [3.8, 4) is 0 Å². The molecule has 0 radical (unpaired) electrons. The first-order valence-corrected chi connectivity index (χ1v) is 9.74. The first-order valence-electron chi connectivity index (χ1n) is 7.94. The summed E-state index contributed by atoms with van der Waals surface area (Å²) in [6, 6.07) is 8.50. The molecular formula is C17H20N4OS2. The van der Waals surface area contributed by atoms with Gasteiger partial charge in [0.2, 0.25) is 11.0 Å². The number of anilines is 1. The number of benzene rings is 1. The second-order valence-electron chi connectivity index (χ2n) is 5.54. The van der Waals surface area contributed by atoms with Crippen LogP contribution in [0.4, 0.5) is 5.13 Å². The summed E-state index contributed by atoms with van der Waals surface area (Å²) in [5.41, 5.74) is 2.61. The normalized spacial score (nSPS) is 16.2. The summed E-state index contributed by atoms with van der Waals surface area (Å²) in [7, 11) is 0. The van der Waals surface area contributed by atoms with Gasteiger partial charge in [-0.25, -0.2) is 0 Å². The van der Waals surface area contributed by atoms with E-state index < -0.39 is 0 Å². The van der Waals surface area contributed by atoms with Crippen molar-refractivity contribution in [2.75, 3.05) is 17.6 Å². The molecule has 0 unspecified atom stereocenters. The van der Waals surface area contributed by atoms with E-state index in [1.165, 1.54) is 34.2 Å². The second kappa shape index (κ2) is 8.30. The molecule has 0 bridgehead atoms. The maximum absolute atomic E-state index is 12.3. The number of aromatic nitrogens is 2. The molecule has 1 atom stereocenters. The third kappa shape index (κ3) is 4.36. The van der Waals surface area contributed by atoms with Gasteiger partial charge in [0.15, 0.2) is 4.34 Å². The molecule has 1 heterocycles. The lowest BCUT2D eigenvalue weighted by atomic mass is 9.88. The molecule has 24 heavy (non-hydrogen) atoms. The molecule has 7 heteroatoms. The van der Waals surface area contributed by atoms with Crippen LogP contribution in [0.2, 0.25) is 0 Å². The van der Waals surface area contributed by atoms with E-state index in [2.05, 4.69) is 45.6 Å². The van der Waals surface area contributed by atoms with Gasteiger partial charge in [0.25, 0.3) is 0 Å². The largest absolute Gasteiger partial charge is 0.357 e. The summed E-state index contributed by atoms with van der Waals surface area (Å²) in [4.78, 5) is 12.3. The molecule has 0 fully saturated rings. The average Bonchev–Trinajstić information content (AvgIpc) is 3.06. The lowest BCUT2D eigenvalue weighted by Gasteiger charge is -2.26. The first kappa shape index (κ1) is 17.0. The third-order valence-electron chi connectivity index (χ3n) is 3.84. The molecule has 2 aromatic rings. The monoisotopic (exact) mass is 360 g/mol. The highest BCUT2D eigenvalue weighted by Crippen LogP contribution is 2.30. The fourth-order valence-electron chi connectivity index (χ4n) is 2.77. The van der Waals surface area contributed by atoms with Gasteiger partial charge in [-0.05, 0) is 30.4 Å². The van der Waals surface area contributed by atoms with Crippen molar-refractivity contribution < 1.29 is 4.79 Å². The number of nitrogens with zero attached hydrogens (tertiary/aromatic N) is 2. The number of hydrogen-bond acceptors (Lipinski definition) is 6. The van der Waals surface area contributed by atoms with Gasteiger partial charge in [-0.1, -0.05) is 53.4 Å². The van der Waals surface area contributed by atoms with Crippen LogP contribution in [0.3, 0.4) is 0 Å². The molecule has 1 amide bonds. The van der Waals surface area contributed by atoms with E-state index in [0.29, 0.717) is 12.3 Å². The van der Waals surface area contributed by atoms with E-state index in [9.17, 15) is 4.79 Å². The quantitative estimate of drug-likeness (QED) is 0.585. The molecule has 0 spiro atoms. The van der Waals surface area contributed by atoms with E-state index in [0.717, 1.165) is 28.7 Å². The van der Waals surface area contributed by atoms with Gasteiger partial charge < -0.3 is 10.6 Å². The van der Waals surface area contributed by atoms with Gasteiger partial charge in [0.05, 0.1) is 11.8 Å². The second-order valence-corrected chi connectivity index (χ2v) is 7.74. The predicted octanol–water partition coefficient (Wildman–Crippen LogP) is 3.42. The highest BCUT2D eigenvalue weighted by atomic mass is 32.2. The Morgan fingerprint density at radius 1 is 1.42 bits per heavy atom. The average molecular weight is 361 g/mol. The highest BCUT2D eigenvalue weighted by molar-refractivity contribution is 8.01. The minimum absolute atomic E-state index is 0.0394. The summed E-state index contributed by atoms with van der Waals surface area (Å²) < 4.78 is 0.792. The number of carbonyl (C=O) groups excluding carboxylic acids is 1. The molecule has 5 nitrogen and oxygen atoms in total. The summed E-state index contributed by atoms with van der Waals surface area (Å²) in [5, 5.41) is 15.1. The van der Waals surface area contributed by atoms with Gasteiger partial charge in [-0.15, -0.1) is 16.8 Å². The maximum atomic E-state index is 12.3. The zero-order chi connectivity index (χ0) is 16.8. The molecular weight excluding hydrogens is 340 g/mol. The molecule has 0 saturated heterocycles. The fraction of sp³-hybridized carbons (Fsp3) is 0.353. The van der Waals surface area contributed by atoms with E-state index in [4.69, 9.17) is 0 Å². The Morgan fingerprint density at radius 3 is 3.17 bits per heavy atom. The topological polar surface area (TPSA) is 66.9 Å². The van der Waals surface area contributed by atoms with Crippen LogP contribution < -0.4 is 10.6 Å². The zero-order valence-electron chi connectivity index (χ0n) is 13.3. The van der Waals surface area contributed by atoms with Crippen molar-refractivity contribution in [1.82, 2.24) is 15.5 Å². The Bertz CT molecular complexity index is 716. The minimum atomic E-state index is 0.0394. The van der Waals surface area contributed by atoms with Gasteiger partial charge >= 0.3 is 0 Å². The van der Waals surface area contributed by atoms with Crippen molar-refractivity contribution in [3.05, 3.63) is 48.0 Å². The molecule has 0 aliphatic heterocycles. The number of nitrogens with one attached hydrogen (secondary N) is 2. The molecule has 1 aliphatic carbocycles. The van der Waals surface area contributed by atoms with Gasteiger partial charge in [-0.2, -0.15) is 0 Å². The Labute approximate surface area is 150 Å². The summed E-state index contributed by atoms with van der Waals surface area (Å²) in [6.07, 6.45) is 4.98. The first-order chi connectivity index (χ1) is 11.8. The Kier molecular flexibility index (Phi) is 5.87. The molecule has 1 aromatic heterocycles. The number of amides is 1. The fourth-order valence-corrected chi connectivity index (χ4v) is 4.34. The molecule has 1 aromatic carbocycles. The maximum Gasteiger partial charge on any atom is 0.230 e. The van der Waals surface area contributed by atoms with Crippen molar-refractivity contribution in [1.29, 1.82) is 0 Å². The smallest absolute Gasteiger partial charge is 0.230 e. The lowest BCUT2D eigenvalue weighted by molar-refractivity contribution is -0.119. The summed E-state index contributed by atoms with van der Waals surface area (Å²) in [6.45, 7) is 4.30. The van der Waals surface area contributed by atoms with Gasteiger partial charge in [0.1, 0.15) is 0 Å². The van der Waals surface area contributed by atoms with Crippen LogP contribution in [0.1, 0.15) is 30.0 Å². The van der Waals surface area contributed by atoms with Crippen LogP contribution in [-0.4, -0.2) is 28.4 Å². The summed E-state index contributed by atoms with van der Waals surface area (Å²) in [5.74, 6) is 0.395. The van der Waals surface area contributed by atoms with Crippen LogP contribution in [0, 0.1) is 0 Å². The Balaban J connectivity index is 1.51. The molecule has 126 valence electrons. The molecule has 2 N–H and O–H groups in total. The van der Waals surface area contributed by atoms with Crippen LogP contribution in [-0.2, 0) is 11.2 Å². The number of rotatable bonds is 7. The van der Waals surface area contributed by atoms with E-state index >= 15 is 0 Å². The SMILES string of the molecule is C=CCNc1nnc(SCC(=O)N[C@@H]2CCCc3ccccc32)s1. The number of carbonyl (C=O) groups is 1. The van der Waals surface area contributed by atoms with E-state index in [-0.39, 0.29) is 11.9 Å². The van der Waals surface area contributed by atoms with Crippen molar-refractivity contribution in [3.63, 3.8) is 0 Å². The van der Waals surface area contributed by atoms with Crippen molar-refractivity contribution >= 4 is 34.1 Å². The van der Waals surface area contributed by atoms with E-state index in [1.807, 2.05) is 6.07 Å². The van der Waals surface area contributed by atoms with Gasteiger partial charge in [0, 0.05) is 6.54 Å². The highest BCUT2D eigenvalue weighted by Gasteiger charge is 2.21. The number of fused-ring (bicyclic) bond motifs is 1. The molecule has 3 rings (SSSR count). The van der Waals surface area contributed by atoms with E-state index in [1.54, 1.807) is 6.08 Å². The third-order valence-corrected chi connectivity index (χ3v) is 5.85. The number of hydrogen-bond donors (Lipinski definition) is 2. The van der Waals surface area contributed by atoms with Crippen LogP contribution >= 0.6 is 23.1 Å². The molecule has 1 aliphatic rings. The Hall–Kier alpha value is -1.86. The van der Waals surface area contributed by atoms with Crippen molar-refractivity contribution in [2.24, 2.45) is 0 Å². The van der Waals surface area contributed by atoms with Crippen LogP contribution in [0.25, 0.3) is 0 Å². The minimum Gasteiger partial charge on any atom is -0.357 e. The lowest BCUT2D eigenvalue weighted by Crippen LogP contribution is -2.32. The van der Waals surface area contributed by atoms with Crippen LogP contribution in [0.5, 0.6) is 0 Å². The number of aryl methyl sites for hydroxylation is 1. The zero-order valence-corrected chi connectivity index (χ0v) is 15.0. The van der Waals surface area contributed by atoms with Gasteiger partial charge in [-0.3, -0.25) is 4.79 Å². The van der Waals surface area contributed by atoms with Crippen molar-refractivity contribution in [2.45, 2.75) is 29.6 Å². The predicted molar refractivity (Wildman–Crippen MR) is 99.6 cm³/mol. The van der Waals surface area contributed by atoms with Crippen LogP contribution in [0.15, 0.2) is 41.3 Å². The Morgan fingerprint density at radius 2 is 2.29 bits per heavy atom.